The number of H-pyrrole nitrogens is 1. The quantitative estimate of drug-likeness (QED) is 0.340. The van der Waals surface area contributed by atoms with Crippen molar-refractivity contribution < 1.29 is 24.9 Å². The molecule has 3 aromatic heterocycles. The van der Waals surface area contributed by atoms with Crippen LogP contribution in [0, 0.1) is 0 Å². The number of nitrogens with zero attached hydrogens (tertiary/aromatic N) is 3. The highest BCUT2D eigenvalue weighted by Crippen LogP contribution is 2.30. The number of hydrogen-bond donors (Lipinski definition) is 5. The molecule has 0 unspecified atom stereocenters. The van der Waals surface area contributed by atoms with Crippen LogP contribution in [-0.4, -0.2) is 59.2 Å². The molecule has 29 heavy (non-hydrogen) atoms. The van der Waals surface area contributed by atoms with Gasteiger partial charge in [0, 0.05) is 6.42 Å². The summed E-state index contributed by atoms with van der Waals surface area (Å²) in [6.45, 7) is -0.434. The van der Waals surface area contributed by atoms with Crippen LogP contribution in [0.2, 0.25) is 0 Å². The number of aliphatic hydroxyl groups is 2. The Kier molecular flexibility index (Phi) is 4.74. The van der Waals surface area contributed by atoms with E-state index in [1.54, 1.807) is 5.38 Å². The molecular weight excluding hydrogens is 406 g/mol. The second-order valence-electron chi connectivity index (χ2n) is 6.62. The fourth-order valence-corrected chi connectivity index (χ4v) is 4.15. The van der Waals surface area contributed by atoms with Crippen molar-refractivity contribution >= 4 is 34.4 Å². The highest BCUT2D eigenvalue weighted by atomic mass is 32.1. The first kappa shape index (κ1) is 19.3. The number of aliphatic hydroxyl groups excluding tert-OH is 2. The number of aromatic nitrogens is 4. The summed E-state index contributed by atoms with van der Waals surface area (Å²) < 4.78 is 7.71. The monoisotopic (exact) mass is 423 g/mol. The van der Waals surface area contributed by atoms with Gasteiger partial charge in [-0.3, -0.25) is 14.3 Å². The number of imidazole rings is 1. The van der Waals surface area contributed by atoms with Crippen molar-refractivity contribution in [3.8, 4) is 0 Å². The van der Waals surface area contributed by atoms with E-state index in [9.17, 15) is 24.6 Å². The van der Waals surface area contributed by atoms with Crippen molar-refractivity contribution in [3.05, 3.63) is 42.7 Å². The summed E-state index contributed by atoms with van der Waals surface area (Å²) in [7, 11) is 0. The number of nitrogen functional groups attached to an aromatic ring is 1. The maximum atomic E-state index is 13.2. The van der Waals surface area contributed by atoms with Crippen molar-refractivity contribution in [2.45, 2.75) is 31.4 Å². The average Bonchev–Trinajstić information content (AvgIpc) is 3.33. The Hall–Kier alpha value is -3.00. The van der Waals surface area contributed by atoms with E-state index < -0.39 is 35.7 Å². The third-order valence-corrected chi connectivity index (χ3v) is 5.63. The molecule has 0 bridgehead atoms. The first-order valence-electron chi connectivity index (χ1n) is 8.55. The first-order valence-corrected chi connectivity index (χ1v) is 9.43. The maximum absolute atomic E-state index is 13.2. The molecule has 0 amide bonds. The first-order chi connectivity index (χ1) is 13.8. The molecule has 4 rings (SSSR count). The Balaban J connectivity index is 1.89. The lowest BCUT2D eigenvalue weighted by molar-refractivity contribution is -0.0505. The Labute approximate surface area is 165 Å². The molecule has 13 heteroatoms. The molecular formula is C16H17N5O7S. The van der Waals surface area contributed by atoms with Crippen LogP contribution in [0.1, 0.15) is 27.9 Å². The molecule has 3 atom stereocenters. The number of ether oxygens (including phenoxy) is 1. The molecule has 0 aromatic carbocycles. The average molecular weight is 423 g/mol. The minimum Gasteiger partial charge on any atom is -0.477 e. The lowest BCUT2D eigenvalue weighted by Gasteiger charge is -2.15. The van der Waals surface area contributed by atoms with Gasteiger partial charge in [0.1, 0.15) is 11.0 Å². The van der Waals surface area contributed by atoms with Gasteiger partial charge in [0.2, 0.25) is 5.95 Å². The molecule has 1 fully saturated rings. The van der Waals surface area contributed by atoms with Crippen LogP contribution < -0.4 is 17.0 Å². The molecule has 6 N–H and O–H groups in total. The number of aromatic carboxylic acids is 1. The van der Waals surface area contributed by atoms with Crippen molar-refractivity contribution in [2.24, 2.45) is 0 Å². The normalized spacial score (nSPS) is 21.8. The van der Waals surface area contributed by atoms with E-state index in [1.807, 2.05) is 0 Å². The zero-order valence-electron chi connectivity index (χ0n) is 14.8. The van der Waals surface area contributed by atoms with Gasteiger partial charge in [-0.05, 0) is 17.0 Å². The van der Waals surface area contributed by atoms with Gasteiger partial charge in [-0.2, -0.15) is 4.98 Å². The second kappa shape index (κ2) is 7.11. The van der Waals surface area contributed by atoms with Crippen LogP contribution in [-0.2, 0) is 11.3 Å². The summed E-state index contributed by atoms with van der Waals surface area (Å²) in [5, 5.41) is 30.3. The number of hydrogen-bond acceptors (Lipinski definition) is 9. The Morgan fingerprint density at radius 3 is 2.83 bits per heavy atom. The minimum absolute atomic E-state index is 0.0763. The maximum Gasteiger partial charge on any atom is 0.345 e. The standard InChI is InChI=1S/C16H17N5O7S/c17-15-18-11-10(12(24)19-15)20(3-6-1-9(14(25)26)29-5-6)16(27)21(11)13-8(23)2-7(4-22)28-13/h1,5,7-8,13,22-23H,2-4H2,(H,25,26)(H3,17,18,19,24)/t7-,8+,13+/m0/s1. The van der Waals surface area contributed by atoms with E-state index >= 15 is 0 Å². The number of anilines is 1. The number of nitrogens with two attached hydrogens (primary N) is 1. The lowest BCUT2D eigenvalue weighted by Crippen LogP contribution is -2.32. The molecule has 154 valence electrons. The van der Waals surface area contributed by atoms with Gasteiger partial charge in [-0.15, -0.1) is 11.3 Å². The fraction of sp³-hybridized carbons (Fsp3) is 0.375. The van der Waals surface area contributed by atoms with Crippen LogP contribution in [0.5, 0.6) is 0 Å². The highest BCUT2D eigenvalue weighted by molar-refractivity contribution is 7.12. The van der Waals surface area contributed by atoms with Crippen molar-refractivity contribution in [3.63, 3.8) is 0 Å². The summed E-state index contributed by atoms with van der Waals surface area (Å²) in [4.78, 5) is 43.2. The van der Waals surface area contributed by atoms with Crippen molar-refractivity contribution in [1.82, 2.24) is 19.1 Å². The van der Waals surface area contributed by atoms with Crippen LogP contribution in [0.25, 0.3) is 11.2 Å². The summed E-state index contributed by atoms with van der Waals surface area (Å²) in [6.07, 6.45) is -2.83. The number of carbonyl (C=O) groups is 1. The molecule has 3 aromatic rings. The largest absolute Gasteiger partial charge is 0.477 e. The van der Waals surface area contributed by atoms with Gasteiger partial charge in [-0.1, -0.05) is 0 Å². The number of nitrogens with one attached hydrogen (secondary N) is 1. The van der Waals surface area contributed by atoms with Crippen LogP contribution in [0.4, 0.5) is 5.95 Å². The number of rotatable bonds is 5. The number of aromatic amines is 1. The summed E-state index contributed by atoms with van der Waals surface area (Å²) in [5.74, 6) is -1.32. The van der Waals surface area contributed by atoms with E-state index in [0.29, 0.717) is 5.56 Å². The van der Waals surface area contributed by atoms with E-state index in [0.717, 1.165) is 20.5 Å². The predicted molar refractivity (Wildman–Crippen MR) is 101 cm³/mol. The molecule has 4 heterocycles. The third-order valence-electron chi connectivity index (χ3n) is 4.66. The lowest BCUT2D eigenvalue weighted by atomic mass is 10.2. The van der Waals surface area contributed by atoms with Crippen LogP contribution >= 0.6 is 11.3 Å². The molecule has 1 aliphatic heterocycles. The number of thiophene rings is 1. The van der Waals surface area contributed by atoms with E-state index in [2.05, 4.69) is 9.97 Å². The molecule has 0 spiro atoms. The minimum atomic E-state index is -1.16. The van der Waals surface area contributed by atoms with Gasteiger partial charge in [0.25, 0.3) is 5.56 Å². The Morgan fingerprint density at radius 2 is 2.21 bits per heavy atom. The zero-order valence-corrected chi connectivity index (χ0v) is 15.6. The summed E-state index contributed by atoms with van der Waals surface area (Å²) in [6, 6.07) is 1.41. The van der Waals surface area contributed by atoms with E-state index in [4.69, 9.17) is 15.6 Å². The van der Waals surface area contributed by atoms with Gasteiger partial charge in [-0.25, -0.2) is 14.2 Å². The highest BCUT2D eigenvalue weighted by Gasteiger charge is 2.38. The molecule has 1 saturated heterocycles. The van der Waals surface area contributed by atoms with Gasteiger partial charge < -0.3 is 25.8 Å². The topological polar surface area (TPSA) is 186 Å². The molecule has 0 aliphatic carbocycles. The summed E-state index contributed by atoms with van der Waals surface area (Å²) in [5.41, 5.74) is 4.62. The number of carboxylic acid groups (broad SMARTS) is 1. The van der Waals surface area contributed by atoms with E-state index in [1.165, 1.54) is 6.07 Å². The Morgan fingerprint density at radius 1 is 1.45 bits per heavy atom. The smallest absolute Gasteiger partial charge is 0.345 e. The van der Waals surface area contributed by atoms with Crippen molar-refractivity contribution in [1.29, 1.82) is 0 Å². The van der Waals surface area contributed by atoms with Crippen LogP contribution in [0.3, 0.4) is 0 Å². The second-order valence-corrected chi connectivity index (χ2v) is 7.53. The third kappa shape index (κ3) is 3.23. The van der Waals surface area contributed by atoms with Gasteiger partial charge in [0.05, 0.1) is 19.3 Å². The van der Waals surface area contributed by atoms with Crippen molar-refractivity contribution in [2.75, 3.05) is 12.3 Å². The van der Waals surface area contributed by atoms with E-state index in [-0.39, 0.29) is 41.6 Å². The van der Waals surface area contributed by atoms with Crippen LogP contribution in [0.15, 0.2) is 21.0 Å². The molecule has 0 saturated carbocycles. The summed E-state index contributed by atoms with van der Waals surface area (Å²) >= 11 is 0.995. The molecule has 12 nitrogen and oxygen atoms in total. The Bertz CT molecular complexity index is 1210. The van der Waals surface area contributed by atoms with Gasteiger partial charge in [0.15, 0.2) is 17.4 Å². The zero-order chi connectivity index (χ0) is 20.9. The molecule has 0 radical (unpaired) electrons. The predicted octanol–water partition coefficient (Wildman–Crippen LogP) is -1.08. The number of fused-ring (bicyclic) bond motifs is 1. The SMILES string of the molecule is Nc1nc2c(c(=O)[nH]1)n(Cc1csc(C(=O)O)c1)c(=O)n2[C@@H]1O[C@H](CO)C[C@H]1O. The number of carboxylic acids is 1. The molecule has 1 aliphatic rings. The fourth-order valence-electron chi connectivity index (χ4n) is 3.41. The van der Waals surface area contributed by atoms with Gasteiger partial charge >= 0.3 is 11.7 Å².